The number of aromatic amines is 2. The van der Waals surface area contributed by atoms with Gasteiger partial charge in [-0.25, -0.2) is 4.98 Å². The molecule has 2 fully saturated rings. The summed E-state index contributed by atoms with van der Waals surface area (Å²) >= 11 is 0. The molecule has 6 heteroatoms. The summed E-state index contributed by atoms with van der Waals surface area (Å²) in [6.07, 6.45) is 6.12. The largest absolute Gasteiger partial charge is 0.367 e. The Balaban J connectivity index is 1.56. The molecule has 3 heterocycles. The van der Waals surface area contributed by atoms with Gasteiger partial charge in [0.15, 0.2) is 5.82 Å². The molecule has 4 rings (SSSR count). The van der Waals surface area contributed by atoms with Crippen molar-refractivity contribution < 1.29 is 4.79 Å². The number of aromatic nitrogens is 4. The number of amides is 1. The third kappa shape index (κ3) is 2.66. The summed E-state index contributed by atoms with van der Waals surface area (Å²) in [5, 5.41) is 7.48. The number of rotatable bonds is 4. The van der Waals surface area contributed by atoms with Crippen LogP contribution in [0.3, 0.4) is 0 Å². The zero-order valence-corrected chi connectivity index (χ0v) is 13.6. The maximum absolute atomic E-state index is 12.6. The van der Waals surface area contributed by atoms with Crippen molar-refractivity contribution in [2.24, 2.45) is 11.8 Å². The smallest absolute Gasteiger partial charge is 0.255 e. The molecule has 2 aliphatic rings. The fourth-order valence-electron chi connectivity index (χ4n) is 3.64. The van der Waals surface area contributed by atoms with E-state index in [1.165, 1.54) is 12.8 Å². The maximum atomic E-state index is 12.6. The monoisotopic (exact) mass is 313 g/mol. The lowest BCUT2D eigenvalue weighted by Gasteiger charge is -2.15. The molecule has 2 aromatic rings. The number of nitrogens with one attached hydrogen (secondary N) is 2. The van der Waals surface area contributed by atoms with Crippen LogP contribution >= 0.6 is 0 Å². The van der Waals surface area contributed by atoms with E-state index in [4.69, 9.17) is 4.98 Å². The van der Waals surface area contributed by atoms with Gasteiger partial charge in [-0.15, -0.1) is 0 Å². The number of carbonyl (C=O) groups is 1. The fraction of sp³-hybridized carbons (Fsp3) is 0.588. The van der Waals surface area contributed by atoms with Gasteiger partial charge in [0.2, 0.25) is 0 Å². The molecule has 6 nitrogen and oxygen atoms in total. The lowest BCUT2D eigenvalue weighted by Crippen LogP contribution is -2.28. The first-order valence-corrected chi connectivity index (χ1v) is 8.47. The van der Waals surface area contributed by atoms with Crippen molar-refractivity contribution in [3.8, 4) is 0 Å². The van der Waals surface area contributed by atoms with E-state index in [1.807, 2.05) is 11.0 Å². The molecule has 1 amide bonds. The Morgan fingerprint density at radius 2 is 2.17 bits per heavy atom. The Labute approximate surface area is 135 Å². The minimum Gasteiger partial charge on any atom is -0.367 e. The lowest BCUT2D eigenvalue weighted by atomic mass is 9.91. The molecule has 1 saturated carbocycles. The topological polar surface area (TPSA) is 77.7 Å². The van der Waals surface area contributed by atoms with Crippen LogP contribution in [-0.4, -0.2) is 44.1 Å². The molecular formula is C17H23N5O. The SMILES string of the molecule is CC(C)c1n[nH]c([C@H]2CN(C(=O)c3cc[nH]c3)C[C@@H]2C2CC2)n1. The van der Waals surface area contributed by atoms with Crippen molar-refractivity contribution in [2.75, 3.05) is 13.1 Å². The van der Waals surface area contributed by atoms with Crippen LogP contribution in [0.1, 0.15) is 60.5 Å². The van der Waals surface area contributed by atoms with Crippen LogP contribution in [0.4, 0.5) is 0 Å². The summed E-state index contributed by atoms with van der Waals surface area (Å²) in [4.78, 5) is 22.3. The second-order valence-electron chi connectivity index (χ2n) is 7.15. The summed E-state index contributed by atoms with van der Waals surface area (Å²) in [5.41, 5.74) is 0.737. The van der Waals surface area contributed by atoms with Gasteiger partial charge in [0.25, 0.3) is 5.91 Å². The molecule has 1 saturated heterocycles. The normalized spacial score (nSPS) is 24.6. The molecule has 0 unspecified atom stereocenters. The fourth-order valence-corrected chi connectivity index (χ4v) is 3.64. The van der Waals surface area contributed by atoms with E-state index in [9.17, 15) is 4.79 Å². The third-order valence-corrected chi connectivity index (χ3v) is 5.11. The van der Waals surface area contributed by atoms with E-state index < -0.39 is 0 Å². The first-order chi connectivity index (χ1) is 11.1. The van der Waals surface area contributed by atoms with E-state index in [1.54, 1.807) is 12.4 Å². The van der Waals surface area contributed by atoms with Gasteiger partial charge < -0.3 is 9.88 Å². The number of likely N-dealkylation sites (tertiary alicyclic amines) is 1. The molecule has 2 atom stereocenters. The molecule has 0 radical (unpaired) electrons. The van der Waals surface area contributed by atoms with Crippen LogP contribution in [0.25, 0.3) is 0 Å². The highest BCUT2D eigenvalue weighted by Crippen LogP contribution is 2.47. The van der Waals surface area contributed by atoms with Gasteiger partial charge in [-0.05, 0) is 30.7 Å². The summed E-state index contributed by atoms with van der Waals surface area (Å²) in [5.74, 6) is 3.77. The number of hydrogen-bond donors (Lipinski definition) is 2. The van der Waals surface area contributed by atoms with Crippen molar-refractivity contribution in [1.29, 1.82) is 0 Å². The Morgan fingerprint density at radius 3 is 2.78 bits per heavy atom. The molecule has 1 aliphatic carbocycles. The van der Waals surface area contributed by atoms with Crippen molar-refractivity contribution >= 4 is 5.91 Å². The summed E-state index contributed by atoms with van der Waals surface area (Å²) in [6.45, 7) is 5.76. The van der Waals surface area contributed by atoms with Crippen molar-refractivity contribution in [2.45, 2.75) is 38.5 Å². The predicted octanol–water partition coefficient (Wildman–Crippen LogP) is 2.52. The highest BCUT2D eigenvalue weighted by molar-refractivity contribution is 5.94. The van der Waals surface area contributed by atoms with E-state index in [2.05, 4.69) is 29.0 Å². The second-order valence-corrected chi connectivity index (χ2v) is 7.15. The zero-order chi connectivity index (χ0) is 16.0. The van der Waals surface area contributed by atoms with E-state index >= 15 is 0 Å². The van der Waals surface area contributed by atoms with Crippen LogP contribution in [0.15, 0.2) is 18.5 Å². The Hall–Kier alpha value is -2.11. The predicted molar refractivity (Wildman–Crippen MR) is 86.1 cm³/mol. The van der Waals surface area contributed by atoms with Crippen LogP contribution < -0.4 is 0 Å². The van der Waals surface area contributed by atoms with E-state index in [0.29, 0.717) is 11.8 Å². The van der Waals surface area contributed by atoms with Crippen LogP contribution in [-0.2, 0) is 0 Å². The summed E-state index contributed by atoms with van der Waals surface area (Å²) in [7, 11) is 0. The highest BCUT2D eigenvalue weighted by Gasteiger charge is 2.45. The Morgan fingerprint density at radius 1 is 1.35 bits per heavy atom. The molecule has 0 bridgehead atoms. The molecule has 1 aliphatic heterocycles. The average Bonchev–Trinajstić information content (AvgIpc) is 3.03. The van der Waals surface area contributed by atoms with E-state index in [-0.39, 0.29) is 11.8 Å². The van der Waals surface area contributed by atoms with Crippen molar-refractivity contribution in [3.05, 3.63) is 35.7 Å². The van der Waals surface area contributed by atoms with Gasteiger partial charge in [-0.3, -0.25) is 9.89 Å². The Kier molecular flexibility index (Phi) is 3.47. The van der Waals surface area contributed by atoms with Gasteiger partial charge >= 0.3 is 0 Å². The van der Waals surface area contributed by atoms with E-state index in [0.717, 1.165) is 36.2 Å². The number of nitrogens with zero attached hydrogens (tertiary/aromatic N) is 3. The molecule has 122 valence electrons. The minimum absolute atomic E-state index is 0.114. The second kappa shape index (κ2) is 5.51. The van der Waals surface area contributed by atoms with Crippen molar-refractivity contribution in [3.63, 3.8) is 0 Å². The molecular weight excluding hydrogens is 290 g/mol. The number of hydrogen-bond acceptors (Lipinski definition) is 3. The van der Waals surface area contributed by atoms with Crippen LogP contribution in [0, 0.1) is 11.8 Å². The van der Waals surface area contributed by atoms with Gasteiger partial charge in [-0.2, -0.15) is 5.10 Å². The standard InChI is InChI=1S/C17H23N5O/c1-10(2)15-19-16(21-20-15)14-9-22(8-13(14)11-3-4-11)17(23)12-5-6-18-7-12/h5-7,10-11,13-14,18H,3-4,8-9H2,1-2H3,(H,19,20,21)/t13-,14+/m1/s1. The first-order valence-electron chi connectivity index (χ1n) is 8.47. The molecule has 0 spiro atoms. The highest BCUT2D eigenvalue weighted by atomic mass is 16.2. The molecule has 0 aromatic carbocycles. The lowest BCUT2D eigenvalue weighted by molar-refractivity contribution is 0.0785. The van der Waals surface area contributed by atoms with Gasteiger partial charge in [0.05, 0.1) is 5.56 Å². The average molecular weight is 313 g/mol. The van der Waals surface area contributed by atoms with Crippen LogP contribution in [0.5, 0.6) is 0 Å². The molecule has 23 heavy (non-hydrogen) atoms. The quantitative estimate of drug-likeness (QED) is 0.910. The first kappa shape index (κ1) is 14.5. The molecule has 2 N–H and O–H groups in total. The third-order valence-electron chi connectivity index (χ3n) is 5.11. The summed E-state index contributed by atoms with van der Waals surface area (Å²) in [6, 6.07) is 1.84. The number of carbonyl (C=O) groups excluding carboxylic acids is 1. The number of H-pyrrole nitrogens is 2. The minimum atomic E-state index is 0.114. The van der Waals surface area contributed by atoms with Crippen molar-refractivity contribution in [1.82, 2.24) is 25.1 Å². The zero-order valence-electron chi connectivity index (χ0n) is 13.6. The Bertz CT molecular complexity index is 686. The van der Waals surface area contributed by atoms with Gasteiger partial charge in [-0.1, -0.05) is 13.8 Å². The van der Waals surface area contributed by atoms with Crippen LogP contribution in [0.2, 0.25) is 0 Å². The maximum Gasteiger partial charge on any atom is 0.255 e. The van der Waals surface area contributed by atoms with Gasteiger partial charge in [0.1, 0.15) is 5.82 Å². The van der Waals surface area contributed by atoms with Gasteiger partial charge in [0, 0.05) is 37.3 Å². The molecule has 2 aromatic heterocycles. The summed E-state index contributed by atoms with van der Waals surface area (Å²) < 4.78 is 0.